The topological polar surface area (TPSA) is 62.7 Å². The molecular formula is C15H16F7N5. The van der Waals surface area contributed by atoms with Gasteiger partial charge in [-0.3, -0.25) is 0 Å². The normalized spacial score (nSPS) is 17.1. The van der Waals surface area contributed by atoms with Gasteiger partial charge in [0.15, 0.2) is 0 Å². The van der Waals surface area contributed by atoms with Gasteiger partial charge in [0.25, 0.3) is 12.3 Å². The van der Waals surface area contributed by atoms with Gasteiger partial charge in [-0.1, -0.05) is 5.92 Å². The van der Waals surface area contributed by atoms with Crippen LogP contribution in [0.3, 0.4) is 0 Å². The number of rotatable bonds is 6. The van der Waals surface area contributed by atoms with Crippen LogP contribution in [0.15, 0.2) is 0 Å². The number of nitrogens with zero attached hydrogens (tertiary/aromatic N) is 3. The number of nitrogens with one attached hydrogen (secondary N) is 2. The maximum absolute atomic E-state index is 13.0. The fraction of sp³-hybridized carbons (Fsp3) is 0.667. The zero-order valence-corrected chi connectivity index (χ0v) is 14.3. The van der Waals surface area contributed by atoms with Crippen molar-refractivity contribution in [3.05, 3.63) is 5.82 Å². The van der Waals surface area contributed by atoms with Crippen LogP contribution in [0.25, 0.3) is 0 Å². The molecule has 0 saturated heterocycles. The Hall–Kier alpha value is -2.32. The van der Waals surface area contributed by atoms with Crippen molar-refractivity contribution in [2.45, 2.75) is 51.3 Å². The van der Waals surface area contributed by atoms with E-state index in [0.717, 1.165) is 6.92 Å². The molecule has 1 heterocycles. The van der Waals surface area contributed by atoms with Crippen LogP contribution in [0.2, 0.25) is 0 Å². The third-order valence-electron chi connectivity index (χ3n) is 3.66. The molecule has 12 heteroatoms. The van der Waals surface area contributed by atoms with E-state index in [2.05, 4.69) is 32.1 Å². The first kappa shape index (κ1) is 21.0. The predicted molar refractivity (Wildman–Crippen MR) is 82.6 cm³/mol. The van der Waals surface area contributed by atoms with Crippen molar-refractivity contribution in [2.24, 2.45) is 5.41 Å². The zero-order valence-electron chi connectivity index (χ0n) is 14.3. The van der Waals surface area contributed by atoms with Crippen LogP contribution in [0, 0.1) is 17.3 Å². The predicted octanol–water partition coefficient (Wildman–Crippen LogP) is 3.70. The summed E-state index contributed by atoms with van der Waals surface area (Å²) in [5.74, 6) is 0.0325. The lowest BCUT2D eigenvalue weighted by Crippen LogP contribution is -2.34. The highest BCUT2D eigenvalue weighted by molar-refractivity contribution is 5.40. The fourth-order valence-electron chi connectivity index (χ4n) is 1.80. The van der Waals surface area contributed by atoms with Crippen LogP contribution >= 0.6 is 0 Å². The van der Waals surface area contributed by atoms with Gasteiger partial charge in [0.05, 0.1) is 12.0 Å². The molecule has 1 aliphatic carbocycles. The molecular weight excluding hydrogens is 383 g/mol. The Morgan fingerprint density at radius 1 is 1.07 bits per heavy atom. The third kappa shape index (κ3) is 6.11. The van der Waals surface area contributed by atoms with E-state index in [1.807, 2.05) is 5.32 Å². The van der Waals surface area contributed by atoms with Crippen molar-refractivity contribution in [1.82, 2.24) is 15.0 Å². The molecule has 1 aliphatic rings. The monoisotopic (exact) mass is 399 g/mol. The van der Waals surface area contributed by atoms with E-state index < -0.39 is 54.2 Å². The van der Waals surface area contributed by atoms with Crippen molar-refractivity contribution in [3.8, 4) is 11.8 Å². The van der Waals surface area contributed by atoms with Crippen molar-refractivity contribution in [3.63, 3.8) is 0 Å². The Morgan fingerprint density at radius 2 is 1.67 bits per heavy atom. The number of alkyl halides is 7. The highest BCUT2D eigenvalue weighted by Gasteiger charge is 2.50. The lowest BCUT2D eigenvalue weighted by Gasteiger charge is -2.17. The molecule has 0 unspecified atom stereocenters. The lowest BCUT2D eigenvalue weighted by molar-refractivity contribution is -0.138. The van der Waals surface area contributed by atoms with Crippen molar-refractivity contribution < 1.29 is 30.7 Å². The molecule has 0 radical (unpaired) electrons. The second-order valence-corrected chi connectivity index (χ2v) is 6.34. The van der Waals surface area contributed by atoms with Crippen LogP contribution in [-0.4, -0.2) is 46.1 Å². The van der Waals surface area contributed by atoms with E-state index in [0.29, 0.717) is 6.92 Å². The smallest absolute Gasteiger partial charge is 0.348 e. The summed E-state index contributed by atoms with van der Waals surface area (Å²) in [7, 11) is 0. The first-order chi connectivity index (χ1) is 12.3. The molecule has 0 bridgehead atoms. The number of aromatic nitrogens is 3. The summed E-state index contributed by atoms with van der Waals surface area (Å²) in [5, 5.41) is 4.13. The Kier molecular flexibility index (Phi) is 5.72. The summed E-state index contributed by atoms with van der Waals surface area (Å²) in [6.07, 6.45) is -6.96. The number of hydrogen-bond acceptors (Lipinski definition) is 5. The molecule has 5 nitrogen and oxygen atoms in total. The quantitative estimate of drug-likeness (QED) is 0.564. The molecule has 1 aromatic rings. The summed E-state index contributed by atoms with van der Waals surface area (Å²) in [6, 6.07) is -2.04. The molecule has 0 amide bonds. The van der Waals surface area contributed by atoms with Crippen LogP contribution < -0.4 is 10.6 Å². The fourth-order valence-corrected chi connectivity index (χ4v) is 1.80. The van der Waals surface area contributed by atoms with Crippen LogP contribution in [0.1, 0.15) is 32.5 Å². The molecule has 0 aromatic carbocycles. The number of halogens is 7. The van der Waals surface area contributed by atoms with Gasteiger partial charge < -0.3 is 10.6 Å². The Balaban J connectivity index is 2.29. The molecule has 1 saturated carbocycles. The molecule has 1 atom stereocenters. The Bertz CT molecular complexity index is 729. The molecule has 1 fully saturated rings. The molecule has 2 N–H and O–H groups in total. The van der Waals surface area contributed by atoms with Gasteiger partial charge in [-0.2, -0.15) is 28.1 Å². The SMILES string of the molecule is C[C@@H](Nc1nc(C#CC2(C(F)F)CC2)nc(NCC(C)(F)F)n1)C(F)(F)F. The minimum Gasteiger partial charge on any atom is -0.348 e. The van der Waals surface area contributed by atoms with Gasteiger partial charge in [-0.05, 0) is 25.7 Å². The second-order valence-electron chi connectivity index (χ2n) is 6.34. The van der Waals surface area contributed by atoms with Gasteiger partial charge in [0.1, 0.15) is 6.04 Å². The van der Waals surface area contributed by atoms with Crippen molar-refractivity contribution in [2.75, 3.05) is 17.2 Å². The Labute approximate surface area is 150 Å². The van der Waals surface area contributed by atoms with E-state index in [1.165, 1.54) is 0 Å². The summed E-state index contributed by atoms with van der Waals surface area (Å²) >= 11 is 0. The maximum Gasteiger partial charge on any atom is 0.408 e. The molecule has 150 valence electrons. The molecule has 2 rings (SSSR count). The largest absolute Gasteiger partial charge is 0.408 e. The zero-order chi connectivity index (χ0) is 20.5. The molecule has 1 aromatic heterocycles. The van der Waals surface area contributed by atoms with Crippen molar-refractivity contribution >= 4 is 11.9 Å². The summed E-state index contributed by atoms with van der Waals surface area (Å²) in [4.78, 5) is 10.9. The van der Waals surface area contributed by atoms with Crippen LogP contribution in [0.4, 0.5) is 42.6 Å². The van der Waals surface area contributed by atoms with Gasteiger partial charge in [0, 0.05) is 6.92 Å². The standard InChI is InChI=1S/C15H16F7N5/c1-8(15(20,21)22)24-12-26-9(3-4-14(5-6-14)10(16)17)25-11(27-12)23-7-13(2,18)19/h8,10H,5-7H2,1-2H3,(H2,23,24,25,26,27)/t8-/m1/s1. The average molecular weight is 399 g/mol. The van der Waals surface area contributed by atoms with E-state index in [-0.39, 0.29) is 12.8 Å². The van der Waals surface area contributed by atoms with E-state index in [1.54, 1.807) is 0 Å². The lowest BCUT2D eigenvalue weighted by atomic mass is 10.1. The average Bonchev–Trinajstić information content (AvgIpc) is 3.31. The molecule has 0 spiro atoms. The number of anilines is 2. The highest BCUT2D eigenvalue weighted by atomic mass is 19.4. The second kappa shape index (κ2) is 7.36. The van der Waals surface area contributed by atoms with Gasteiger partial charge >= 0.3 is 6.18 Å². The number of hydrogen-bond donors (Lipinski definition) is 2. The summed E-state index contributed by atoms with van der Waals surface area (Å²) in [6.45, 7) is 0.532. The van der Waals surface area contributed by atoms with Crippen LogP contribution in [-0.2, 0) is 0 Å². The first-order valence-electron chi connectivity index (χ1n) is 7.83. The highest BCUT2D eigenvalue weighted by Crippen LogP contribution is 2.50. The van der Waals surface area contributed by atoms with Gasteiger partial charge in [-0.25, -0.2) is 17.6 Å². The first-order valence-corrected chi connectivity index (χ1v) is 7.83. The third-order valence-corrected chi connectivity index (χ3v) is 3.66. The molecule has 0 aliphatic heterocycles. The Morgan fingerprint density at radius 3 is 2.15 bits per heavy atom. The van der Waals surface area contributed by atoms with Crippen molar-refractivity contribution in [1.29, 1.82) is 0 Å². The van der Waals surface area contributed by atoms with E-state index in [9.17, 15) is 30.7 Å². The minimum absolute atomic E-state index is 0.173. The summed E-state index contributed by atoms with van der Waals surface area (Å²) < 4.78 is 89.8. The van der Waals surface area contributed by atoms with Crippen LogP contribution in [0.5, 0.6) is 0 Å². The summed E-state index contributed by atoms with van der Waals surface area (Å²) in [5.41, 5.74) is -1.48. The van der Waals surface area contributed by atoms with E-state index in [4.69, 9.17) is 0 Å². The van der Waals surface area contributed by atoms with Gasteiger partial charge in [0.2, 0.25) is 17.7 Å². The maximum atomic E-state index is 13.0. The molecule has 27 heavy (non-hydrogen) atoms. The minimum atomic E-state index is -4.61. The van der Waals surface area contributed by atoms with Gasteiger partial charge in [-0.15, -0.1) is 0 Å². The van der Waals surface area contributed by atoms with E-state index >= 15 is 0 Å².